The predicted octanol–water partition coefficient (Wildman–Crippen LogP) is 2.06. The normalized spacial score (nSPS) is 11.3. The van der Waals surface area contributed by atoms with Gasteiger partial charge in [0.15, 0.2) is 5.76 Å². The van der Waals surface area contributed by atoms with Crippen molar-refractivity contribution in [3.63, 3.8) is 0 Å². The molecule has 2 aromatic rings. The van der Waals surface area contributed by atoms with E-state index >= 15 is 0 Å². The third kappa shape index (κ3) is 3.17. The van der Waals surface area contributed by atoms with Gasteiger partial charge in [0.1, 0.15) is 5.84 Å². The topological polar surface area (TPSA) is 92.1 Å². The summed E-state index contributed by atoms with van der Waals surface area (Å²) in [6.07, 6.45) is 1.71. The van der Waals surface area contributed by atoms with E-state index in [2.05, 4.69) is 5.16 Å². The van der Waals surface area contributed by atoms with Crippen LogP contribution in [0.1, 0.15) is 17.0 Å². The summed E-state index contributed by atoms with van der Waals surface area (Å²) in [6.45, 7) is 0.291. The SMILES string of the molecule is N/C(CCN(C(=O)c1ccco1)c1ccccc1)=N/O. The van der Waals surface area contributed by atoms with Gasteiger partial charge in [-0.25, -0.2) is 0 Å². The van der Waals surface area contributed by atoms with Gasteiger partial charge in [0.05, 0.1) is 6.26 Å². The van der Waals surface area contributed by atoms with Gasteiger partial charge < -0.3 is 20.3 Å². The van der Waals surface area contributed by atoms with E-state index in [4.69, 9.17) is 15.4 Å². The number of amidine groups is 1. The van der Waals surface area contributed by atoms with Crippen LogP contribution in [0.5, 0.6) is 0 Å². The van der Waals surface area contributed by atoms with E-state index in [1.807, 2.05) is 30.3 Å². The van der Waals surface area contributed by atoms with Crippen molar-refractivity contribution >= 4 is 17.4 Å². The minimum absolute atomic E-state index is 0.0678. The van der Waals surface area contributed by atoms with Crippen LogP contribution in [0.3, 0.4) is 0 Å². The largest absolute Gasteiger partial charge is 0.459 e. The molecular formula is C14H15N3O3. The lowest BCUT2D eigenvalue weighted by Gasteiger charge is -2.21. The third-order valence-corrected chi connectivity index (χ3v) is 2.76. The van der Waals surface area contributed by atoms with Crippen LogP contribution in [0.25, 0.3) is 0 Å². The van der Waals surface area contributed by atoms with Gasteiger partial charge in [-0.3, -0.25) is 4.79 Å². The van der Waals surface area contributed by atoms with Crippen molar-refractivity contribution in [1.82, 2.24) is 0 Å². The predicted molar refractivity (Wildman–Crippen MR) is 74.9 cm³/mol. The fraction of sp³-hybridized carbons (Fsp3) is 0.143. The molecule has 1 heterocycles. The van der Waals surface area contributed by atoms with Gasteiger partial charge in [0.25, 0.3) is 5.91 Å². The summed E-state index contributed by atoms with van der Waals surface area (Å²) in [5.74, 6) is 0.0403. The fourth-order valence-electron chi connectivity index (χ4n) is 1.77. The molecule has 1 aromatic heterocycles. The van der Waals surface area contributed by atoms with Gasteiger partial charge in [-0.1, -0.05) is 23.4 Å². The number of benzene rings is 1. The van der Waals surface area contributed by atoms with Crippen molar-refractivity contribution in [3.8, 4) is 0 Å². The van der Waals surface area contributed by atoms with Gasteiger partial charge in [0.2, 0.25) is 0 Å². The number of oxime groups is 1. The lowest BCUT2D eigenvalue weighted by Crippen LogP contribution is -2.33. The second-order valence-corrected chi connectivity index (χ2v) is 4.11. The van der Waals surface area contributed by atoms with E-state index < -0.39 is 0 Å². The number of carbonyl (C=O) groups excluding carboxylic acids is 1. The zero-order chi connectivity index (χ0) is 14.4. The number of furan rings is 1. The maximum absolute atomic E-state index is 12.4. The number of nitrogens with zero attached hydrogens (tertiary/aromatic N) is 2. The average molecular weight is 273 g/mol. The molecule has 0 aliphatic carbocycles. The first-order valence-corrected chi connectivity index (χ1v) is 6.09. The molecule has 3 N–H and O–H groups in total. The molecule has 0 atom stereocenters. The summed E-state index contributed by atoms with van der Waals surface area (Å²) >= 11 is 0. The molecule has 2 rings (SSSR count). The van der Waals surface area contributed by atoms with Crippen LogP contribution < -0.4 is 10.6 Å². The van der Waals surface area contributed by atoms with Gasteiger partial charge in [0, 0.05) is 18.7 Å². The van der Waals surface area contributed by atoms with Gasteiger partial charge in [-0.05, 0) is 24.3 Å². The molecule has 0 unspecified atom stereocenters. The Bertz CT molecular complexity index is 579. The van der Waals surface area contributed by atoms with Gasteiger partial charge in [-0.15, -0.1) is 0 Å². The molecule has 1 aromatic carbocycles. The van der Waals surface area contributed by atoms with Crippen LogP contribution in [0.2, 0.25) is 0 Å². The summed E-state index contributed by atoms with van der Waals surface area (Å²) < 4.78 is 5.13. The van der Waals surface area contributed by atoms with Crippen LogP contribution in [-0.4, -0.2) is 23.5 Å². The minimum atomic E-state index is -0.271. The standard InChI is InChI=1S/C14H15N3O3/c15-13(16-19)8-9-17(11-5-2-1-3-6-11)14(18)12-7-4-10-20-12/h1-7,10,19H,8-9H2,(H2,15,16). The zero-order valence-electron chi connectivity index (χ0n) is 10.8. The molecule has 0 aliphatic heterocycles. The maximum atomic E-state index is 12.4. The van der Waals surface area contributed by atoms with Crippen LogP contribution in [0, 0.1) is 0 Å². The average Bonchev–Trinajstić information content (AvgIpc) is 3.02. The minimum Gasteiger partial charge on any atom is -0.459 e. The van der Waals surface area contributed by atoms with E-state index in [0.717, 1.165) is 5.69 Å². The number of nitrogens with two attached hydrogens (primary N) is 1. The van der Waals surface area contributed by atoms with E-state index in [9.17, 15) is 4.79 Å². The molecule has 20 heavy (non-hydrogen) atoms. The van der Waals surface area contributed by atoms with E-state index in [-0.39, 0.29) is 23.9 Å². The second kappa shape index (κ2) is 6.42. The Morgan fingerprint density at radius 1 is 1.25 bits per heavy atom. The maximum Gasteiger partial charge on any atom is 0.293 e. The number of hydrogen-bond donors (Lipinski definition) is 2. The Balaban J connectivity index is 2.22. The molecule has 0 saturated carbocycles. The lowest BCUT2D eigenvalue weighted by molar-refractivity contribution is 0.0961. The third-order valence-electron chi connectivity index (χ3n) is 2.76. The number of amides is 1. The number of para-hydroxylation sites is 1. The first kappa shape index (κ1) is 13.7. The monoisotopic (exact) mass is 273 g/mol. The Kier molecular flexibility index (Phi) is 4.39. The molecular weight excluding hydrogens is 258 g/mol. The zero-order valence-corrected chi connectivity index (χ0v) is 10.8. The van der Waals surface area contributed by atoms with E-state index in [0.29, 0.717) is 6.54 Å². The Morgan fingerprint density at radius 3 is 2.60 bits per heavy atom. The lowest BCUT2D eigenvalue weighted by atomic mass is 10.2. The molecule has 0 aliphatic rings. The first-order valence-electron chi connectivity index (χ1n) is 6.09. The molecule has 0 saturated heterocycles. The molecule has 6 nitrogen and oxygen atoms in total. The molecule has 6 heteroatoms. The second-order valence-electron chi connectivity index (χ2n) is 4.11. The highest BCUT2D eigenvalue weighted by atomic mass is 16.4. The highest BCUT2D eigenvalue weighted by Crippen LogP contribution is 2.17. The summed E-state index contributed by atoms with van der Waals surface area (Å²) in [5, 5.41) is 11.5. The Hall–Kier alpha value is -2.76. The van der Waals surface area contributed by atoms with Crippen molar-refractivity contribution in [3.05, 3.63) is 54.5 Å². The quantitative estimate of drug-likeness (QED) is 0.377. The summed E-state index contributed by atoms with van der Waals surface area (Å²) in [6, 6.07) is 12.4. The Labute approximate surface area is 116 Å². The number of hydrogen-bond acceptors (Lipinski definition) is 4. The fourth-order valence-corrected chi connectivity index (χ4v) is 1.77. The summed E-state index contributed by atoms with van der Waals surface area (Å²) in [5.41, 5.74) is 6.18. The smallest absolute Gasteiger partial charge is 0.293 e. The van der Waals surface area contributed by atoms with Crippen molar-refractivity contribution in [2.75, 3.05) is 11.4 Å². The molecule has 0 bridgehead atoms. The highest BCUT2D eigenvalue weighted by Gasteiger charge is 2.19. The van der Waals surface area contributed by atoms with Crippen LogP contribution >= 0.6 is 0 Å². The van der Waals surface area contributed by atoms with Crippen molar-refractivity contribution < 1.29 is 14.4 Å². The molecule has 104 valence electrons. The molecule has 0 spiro atoms. The van der Waals surface area contributed by atoms with Crippen molar-refractivity contribution in [2.24, 2.45) is 10.9 Å². The summed E-state index contributed by atoms with van der Waals surface area (Å²) in [7, 11) is 0. The number of carbonyl (C=O) groups is 1. The molecule has 0 radical (unpaired) electrons. The van der Waals surface area contributed by atoms with Gasteiger partial charge >= 0.3 is 0 Å². The molecule has 1 amide bonds. The summed E-state index contributed by atoms with van der Waals surface area (Å²) in [4.78, 5) is 13.9. The van der Waals surface area contributed by atoms with Crippen LogP contribution in [0.4, 0.5) is 5.69 Å². The first-order chi connectivity index (χ1) is 9.72. The van der Waals surface area contributed by atoms with E-state index in [1.165, 1.54) is 11.2 Å². The van der Waals surface area contributed by atoms with Crippen LogP contribution in [-0.2, 0) is 0 Å². The van der Waals surface area contributed by atoms with Crippen LogP contribution in [0.15, 0.2) is 58.3 Å². The Morgan fingerprint density at radius 2 is 2.00 bits per heavy atom. The number of rotatable bonds is 5. The molecule has 0 fully saturated rings. The van der Waals surface area contributed by atoms with E-state index in [1.54, 1.807) is 12.1 Å². The van der Waals surface area contributed by atoms with Gasteiger partial charge in [-0.2, -0.15) is 0 Å². The number of anilines is 1. The van der Waals surface area contributed by atoms with Crippen molar-refractivity contribution in [1.29, 1.82) is 0 Å². The highest BCUT2D eigenvalue weighted by molar-refractivity contribution is 6.04. The van der Waals surface area contributed by atoms with Crippen molar-refractivity contribution in [2.45, 2.75) is 6.42 Å².